The number of carboxylic acids is 1. The summed E-state index contributed by atoms with van der Waals surface area (Å²) in [7, 11) is 0. The summed E-state index contributed by atoms with van der Waals surface area (Å²) < 4.78 is 5.55. The van der Waals surface area contributed by atoms with Crippen LogP contribution in [0.25, 0.3) is 0 Å². The van der Waals surface area contributed by atoms with Crippen LogP contribution in [0.15, 0.2) is 0 Å². The second-order valence-corrected chi connectivity index (χ2v) is 5.54. The van der Waals surface area contributed by atoms with Crippen molar-refractivity contribution in [1.29, 1.82) is 0 Å². The molecule has 0 aromatic rings. The van der Waals surface area contributed by atoms with E-state index in [-0.39, 0.29) is 30.7 Å². The minimum atomic E-state index is -0.876. The second-order valence-electron chi connectivity index (χ2n) is 5.54. The summed E-state index contributed by atoms with van der Waals surface area (Å²) in [6.45, 7) is 8.75. The fourth-order valence-electron chi connectivity index (χ4n) is 2.26. The van der Waals surface area contributed by atoms with E-state index in [0.29, 0.717) is 13.1 Å². The summed E-state index contributed by atoms with van der Waals surface area (Å²) in [5, 5.41) is 11.8. The number of urea groups is 1. The Balaban J connectivity index is 2.48. The fourth-order valence-corrected chi connectivity index (χ4v) is 2.26. The number of ether oxygens (including phenoxy) is 1. The van der Waals surface area contributed by atoms with Gasteiger partial charge in [-0.15, -0.1) is 0 Å². The van der Waals surface area contributed by atoms with Gasteiger partial charge in [0.2, 0.25) is 0 Å². The quantitative estimate of drug-likeness (QED) is 0.805. The maximum absolute atomic E-state index is 12.0. The Hall–Kier alpha value is -1.30. The molecule has 6 nitrogen and oxygen atoms in total. The number of nitrogens with one attached hydrogen (secondary N) is 1. The molecule has 1 heterocycles. The van der Waals surface area contributed by atoms with E-state index in [2.05, 4.69) is 5.32 Å². The maximum atomic E-state index is 12.0. The topological polar surface area (TPSA) is 78.9 Å². The van der Waals surface area contributed by atoms with E-state index in [9.17, 15) is 9.59 Å². The maximum Gasteiger partial charge on any atom is 0.317 e. The lowest BCUT2D eigenvalue weighted by Crippen LogP contribution is -2.52. The van der Waals surface area contributed by atoms with Gasteiger partial charge in [-0.3, -0.25) is 4.79 Å². The van der Waals surface area contributed by atoms with Gasteiger partial charge >= 0.3 is 12.0 Å². The van der Waals surface area contributed by atoms with Crippen molar-refractivity contribution >= 4 is 12.0 Å². The minimum Gasteiger partial charge on any atom is -0.481 e. The third kappa shape index (κ3) is 4.70. The van der Waals surface area contributed by atoms with Gasteiger partial charge in [0, 0.05) is 19.6 Å². The van der Waals surface area contributed by atoms with Gasteiger partial charge in [0.05, 0.1) is 18.1 Å². The molecule has 0 aromatic heterocycles. The molecule has 1 aliphatic heterocycles. The van der Waals surface area contributed by atoms with Crippen LogP contribution in [0, 0.1) is 11.8 Å². The summed E-state index contributed by atoms with van der Waals surface area (Å²) in [4.78, 5) is 24.7. The molecule has 110 valence electrons. The van der Waals surface area contributed by atoms with Crippen molar-refractivity contribution in [3.8, 4) is 0 Å². The monoisotopic (exact) mass is 272 g/mol. The minimum absolute atomic E-state index is 0.00914. The predicted octanol–water partition coefficient (Wildman–Crippen LogP) is 1.16. The van der Waals surface area contributed by atoms with Crippen molar-refractivity contribution in [3.05, 3.63) is 0 Å². The molecule has 0 radical (unpaired) electrons. The Morgan fingerprint density at radius 3 is 2.26 bits per heavy atom. The highest BCUT2D eigenvalue weighted by Gasteiger charge is 2.27. The van der Waals surface area contributed by atoms with E-state index >= 15 is 0 Å². The van der Waals surface area contributed by atoms with Gasteiger partial charge in [0.25, 0.3) is 0 Å². The number of amides is 2. The zero-order chi connectivity index (χ0) is 14.6. The predicted molar refractivity (Wildman–Crippen MR) is 70.9 cm³/mol. The third-order valence-electron chi connectivity index (χ3n) is 3.30. The molecule has 3 unspecified atom stereocenters. The van der Waals surface area contributed by atoms with E-state index in [4.69, 9.17) is 9.84 Å². The van der Waals surface area contributed by atoms with E-state index < -0.39 is 11.9 Å². The molecule has 1 fully saturated rings. The molecule has 6 heteroatoms. The lowest BCUT2D eigenvalue weighted by molar-refractivity contribution is -0.143. The molecule has 3 atom stereocenters. The standard InChI is InChI=1S/C13H24N2O4/c1-8(2)11(12(16)17)5-14-13(18)15-6-9(3)19-10(4)7-15/h8-11H,5-7H2,1-4H3,(H,14,18)(H,16,17). The largest absolute Gasteiger partial charge is 0.481 e. The summed E-state index contributed by atoms with van der Waals surface area (Å²) in [5.41, 5.74) is 0. The Bertz CT molecular complexity index is 323. The number of carbonyl (C=O) groups excluding carboxylic acids is 1. The number of aliphatic carboxylic acids is 1. The van der Waals surface area contributed by atoms with Crippen molar-refractivity contribution < 1.29 is 19.4 Å². The number of carbonyl (C=O) groups is 2. The Kier molecular flexibility index (Phi) is 5.60. The molecular weight excluding hydrogens is 248 g/mol. The van der Waals surface area contributed by atoms with E-state index in [1.165, 1.54) is 0 Å². The Labute approximate surface area is 114 Å². The van der Waals surface area contributed by atoms with Crippen LogP contribution in [0.3, 0.4) is 0 Å². The van der Waals surface area contributed by atoms with Crippen molar-refractivity contribution in [2.75, 3.05) is 19.6 Å². The molecule has 0 saturated carbocycles. The van der Waals surface area contributed by atoms with Crippen molar-refractivity contribution in [2.45, 2.75) is 39.9 Å². The van der Waals surface area contributed by atoms with E-state index in [1.807, 2.05) is 27.7 Å². The van der Waals surface area contributed by atoms with E-state index in [0.717, 1.165) is 0 Å². The van der Waals surface area contributed by atoms with Crippen LogP contribution in [0.1, 0.15) is 27.7 Å². The lowest BCUT2D eigenvalue weighted by atomic mass is 9.96. The highest BCUT2D eigenvalue weighted by Crippen LogP contribution is 2.12. The molecular formula is C13H24N2O4. The van der Waals surface area contributed by atoms with Crippen LogP contribution >= 0.6 is 0 Å². The smallest absolute Gasteiger partial charge is 0.317 e. The Morgan fingerprint density at radius 2 is 1.84 bits per heavy atom. The first-order valence-corrected chi connectivity index (χ1v) is 6.72. The van der Waals surface area contributed by atoms with Gasteiger partial charge in [0.15, 0.2) is 0 Å². The SMILES string of the molecule is CC1CN(C(=O)NCC(C(=O)O)C(C)C)CC(C)O1. The third-order valence-corrected chi connectivity index (χ3v) is 3.30. The van der Waals surface area contributed by atoms with Gasteiger partial charge in [0.1, 0.15) is 0 Å². The first-order chi connectivity index (χ1) is 8.81. The van der Waals surface area contributed by atoms with E-state index in [1.54, 1.807) is 4.90 Å². The lowest BCUT2D eigenvalue weighted by Gasteiger charge is -2.35. The summed E-state index contributed by atoms with van der Waals surface area (Å²) in [6, 6.07) is -0.214. The average molecular weight is 272 g/mol. The second kappa shape index (κ2) is 6.75. The zero-order valence-electron chi connectivity index (χ0n) is 12.0. The number of rotatable bonds is 4. The molecule has 0 bridgehead atoms. The van der Waals surface area contributed by atoms with Crippen LogP contribution < -0.4 is 5.32 Å². The first kappa shape index (κ1) is 15.8. The highest BCUT2D eigenvalue weighted by atomic mass is 16.5. The van der Waals surface area contributed by atoms with Crippen LogP contribution in [0.4, 0.5) is 4.79 Å². The fraction of sp³-hybridized carbons (Fsp3) is 0.846. The normalized spacial score (nSPS) is 25.2. The van der Waals surface area contributed by atoms with Gasteiger partial charge < -0.3 is 20.1 Å². The number of hydrogen-bond acceptors (Lipinski definition) is 3. The van der Waals surface area contributed by atoms with Crippen molar-refractivity contribution in [1.82, 2.24) is 10.2 Å². The van der Waals surface area contributed by atoms with Crippen LogP contribution in [-0.2, 0) is 9.53 Å². The molecule has 1 aliphatic rings. The number of nitrogens with zero attached hydrogens (tertiary/aromatic N) is 1. The molecule has 19 heavy (non-hydrogen) atoms. The summed E-state index contributed by atoms with van der Waals surface area (Å²) in [5.74, 6) is -1.45. The average Bonchev–Trinajstić information content (AvgIpc) is 2.26. The van der Waals surface area contributed by atoms with Crippen LogP contribution in [0.2, 0.25) is 0 Å². The van der Waals surface area contributed by atoms with Crippen molar-refractivity contribution in [2.24, 2.45) is 11.8 Å². The molecule has 1 rings (SSSR count). The molecule has 2 N–H and O–H groups in total. The summed E-state index contributed by atoms with van der Waals surface area (Å²) in [6.07, 6.45) is 0.0183. The number of morpholine rings is 1. The zero-order valence-corrected chi connectivity index (χ0v) is 12.0. The number of carboxylic acid groups (broad SMARTS) is 1. The number of hydrogen-bond donors (Lipinski definition) is 2. The van der Waals surface area contributed by atoms with Crippen molar-refractivity contribution in [3.63, 3.8) is 0 Å². The molecule has 0 aromatic carbocycles. The van der Waals surface area contributed by atoms with Gasteiger partial charge in [-0.25, -0.2) is 4.79 Å². The molecule has 2 amide bonds. The molecule has 1 saturated heterocycles. The molecule has 0 spiro atoms. The Morgan fingerprint density at radius 1 is 1.32 bits per heavy atom. The van der Waals surface area contributed by atoms with Crippen LogP contribution in [0.5, 0.6) is 0 Å². The van der Waals surface area contributed by atoms with Gasteiger partial charge in [-0.1, -0.05) is 13.8 Å². The van der Waals surface area contributed by atoms with Gasteiger partial charge in [-0.2, -0.15) is 0 Å². The highest BCUT2D eigenvalue weighted by molar-refractivity contribution is 5.76. The van der Waals surface area contributed by atoms with Gasteiger partial charge in [-0.05, 0) is 19.8 Å². The summed E-state index contributed by atoms with van der Waals surface area (Å²) >= 11 is 0. The molecule has 0 aliphatic carbocycles. The first-order valence-electron chi connectivity index (χ1n) is 6.72. The van der Waals surface area contributed by atoms with Crippen LogP contribution in [-0.4, -0.2) is 53.8 Å².